The molecule has 1 aliphatic rings. The Hall–Kier alpha value is -1.31. The zero-order valence-corrected chi connectivity index (χ0v) is 11.3. The van der Waals surface area contributed by atoms with Crippen molar-refractivity contribution in [2.24, 2.45) is 0 Å². The molecule has 92 valence electrons. The summed E-state index contributed by atoms with van der Waals surface area (Å²) in [4.78, 5) is 16.2. The van der Waals surface area contributed by atoms with Crippen LogP contribution < -0.4 is 5.32 Å². The molecule has 1 amide bonds. The number of halogens is 1. The van der Waals surface area contributed by atoms with E-state index in [1.165, 1.54) is 18.0 Å². The first kappa shape index (κ1) is 11.8. The van der Waals surface area contributed by atoms with Crippen molar-refractivity contribution in [3.63, 3.8) is 0 Å². The van der Waals surface area contributed by atoms with Crippen LogP contribution in [0.2, 0.25) is 0 Å². The minimum atomic E-state index is -1.10. The Balaban J connectivity index is 1.98. The van der Waals surface area contributed by atoms with Crippen LogP contribution in [0.4, 0.5) is 5.69 Å². The molecule has 0 fully saturated rings. The third-order valence-corrected chi connectivity index (χ3v) is 4.36. The molecular formula is C11H7BrN2O3S. The summed E-state index contributed by atoms with van der Waals surface area (Å²) in [6.07, 6.45) is 1.96. The number of carbonyl (C=O) groups is 1. The Morgan fingerprint density at radius 2 is 2.33 bits per heavy atom. The monoisotopic (exact) mass is 326 g/mol. The highest BCUT2D eigenvalue weighted by Crippen LogP contribution is 2.40. The Kier molecular flexibility index (Phi) is 2.89. The second-order valence-corrected chi connectivity index (χ2v) is 5.51. The number of nitrogens with one attached hydrogen (secondary N) is 1. The predicted molar refractivity (Wildman–Crippen MR) is 68.4 cm³/mol. The quantitative estimate of drug-likeness (QED) is 0.887. The minimum Gasteiger partial charge on any atom is -0.440 e. The van der Waals surface area contributed by atoms with Crippen LogP contribution in [0.25, 0.3) is 0 Å². The first-order valence-corrected chi connectivity index (χ1v) is 6.66. The van der Waals surface area contributed by atoms with Gasteiger partial charge in [-0.3, -0.25) is 4.79 Å². The van der Waals surface area contributed by atoms with Crippen LogP contribution in [0.15, 0.2) is 43.6 Å². The van der Waals surface area contributed by atoms with Crippen molar-refractivity contribution < 1.29 is 14.3 Å². The van der Waals surface area contributed by atoms with Gasteiger partial charge in [-0.1, -0.05) is 0 Å². The van der Waals surface area contributed by atoms with Crippen LogP contribution in [0.3, 0.4) is 0 Å². The lowest BCUT2D eigenvalue weighted by Crippen LogP contribution is -2.10. The molecule has 1 aromatic heterocycles. The van der Waals surface area contributed by atoms with Crippen LogP contribution in [0, 0.1) is 0 Å². The normalized spacial score (nSPS) is 17.7. The first-order chi connectivity index (χ1) is 8.65. The molecule has 2 aromatic rings. The Morgan fingerprint density at radius 3 is 3.06 bits per heavy atom. The number of carbonyl (C=O) groups excluding carboxylic acids is 1. The molecule has 1 atom stereocenters. The third kappa shape index (κ3) is 1.94. The third-order valence-electron chi connectivity index (χ3n) is 2.51. The second kappa shape index (κ2) is 4.42. The molecule has 1 unspecified atom stereocenters. The van der Waals surface area contributed by atoms with Gasteiger partial charge in [0, 0.05) is 20.6 Å². The zero-order chi connectivity index (χ0) is 12.7. The first-order valence-electron chi connectivity index (χ1n) is 5.05. The summed E-state index contributed by atoms with van der Waals surface area (Å²) >= 11 is 4.73. The molecule has 0 spiro atoms. The molecular weight excluding hydrogens is 320 g/mol. The molecule has 3 rings (SSSR count). The number of aliphatic hydroxyl groups excluding tert-OH is 1. The van der Waals surface area contributed by atoms with E-state index >= 15 is 0 Å². The molecule has 0 bridgehead atoms. The van der Waals surface area contributed by atoms with Gasteiger partial charge in [0.15, 0.2) is 6.10 Å². The van der Waals surface area contributed by atoms with Crippen molar-refractivity contribution in [1.82, 2.24) is 4.98 Å². The number of anilines is 1. The van der Waals surface area contributed by atoms with Gasteiger partial charge >= 0.3 is 0 Å². The Labute approximate surface area is 115 Å². The molecule has 5 nitrogen and oxygen atoms in total. The fourth-order valence-electron chi connectivity index (χ4n) is 1.68. The van der Waals surface area contributed by atoms with E-state index in [9.17, 15) is 9.90 Å². The largest absolute Gasteiger partial charge is 0.440 e. The number of fused-ring (bicyclic) bond motifs is 1. The molecule has 1 aliphatic heterocycles. The standard InChI is InChI=1S/C11H7BrN2O3S/c12-6-3-5-7(14-10(16)9(5)15)4-8(6)18-11-13-1-2-17-11/h1-4,9,15H,(H,14,16). The number of hydrogen-bond donors (Lipinski definition) is 2. The summed E-state index contributed by atoms with van der Waals surface area (Å²) in [5, 5.41) is 12.8. The summed E-state index contributed by atoms with van der Waals surface area (Å²) in [7, 11) is 0. The molecule has 0 saturated carbocycles. The smallest absolute Gasteiger partial charge is 0.260 e. The van der Waals surface area contributed by atoms with Crippen molar-refractivity contribution >= 4 is 39.3 Å². The van der Waals surface area contributed by atoms with Crippen molar-refractivity contribution in [3.8, 4) is 0 Å². The topological polar surface area (TPSA) is 75.4 Å². The fourth-order valence-corrected chi connectivity index (χ4v) is 3.02. The summed E-state index contributed by atoms with van der Waals surface area (Å²) in [5.74, 6) is -0.407. The van der Waals surface area contributed by atoms with Gasteiger partial charge in [0.1, 0.15) is 6.26 Å². The van der Waals surface area contributed by atoms with Crippen LogP contribution in [-0.2, 0) is 4.79 Å². The van der Waals surface area contributed by atoms with Crippen molar-refractivity contribution in [2.75, 3.05) is 5.32 Å². The number of benzene rings is 1. The van der Waals surface area contributed by atoms with Crippen molar-refractivity contribution in [2.45, 2.75) is 16.2 Å². The summed E-state index contributed by atoms with van der Waals surface area (Å²) in [6.45, 7) is 0. The van der Waals surface area contributed by atoms with Gasteiger partial charge in [-0.2, -0.15) is 0 Å². The van der Waals surface area contributed by atoms with E-state index in [1.54, 1.807) is 18.3 Å². The average Bonchev–Trinajstić information content (AvgIpc) is 2.92. The van der Waals surface area contributed by atoms with E-state index in [0.717, 1.165) is 9.37 Å². The van der Waals surface area contributed by atoms with E-state index in [2.05, 4.69) is 26.2 Å². The predicted octanol–water partition coefficient (Wildman–Crippen LogP) is 2.57. The summed E-state index contributed by atoms with van der Waals surface area (Å²) in [5.41, 5.74) is 1.19. The highest BCUT2D eigenvalue weighted by Gasteiger charge is 2.29. The maximum Gasteiger partial charge on any atom is 0.260 e. The van der Waals surface area contributed by atoms with Crippen molar-refractivity contribution in [1.29, 1.82) is 0 Å². The molecule has 2 N–H and O–H groups in total. The Morgan fingerprint density at radius 1 is 1.50 bits per heavy atom. The van der Waals surface area contributed by atoms with Gasteiger partial charge in [0.05, 0.1) is 6.20 Å². The van der Waals surface area contributed by atoms with Crippen LogP contribution in [-0.4, -0.2) is 16.0 Å². The highest BCUT2D eigenvalue weighted by molar-refractivity contribution is 9.10. The number of rotatable bonds is 2. The van der Waals surface area contributed by atoms with E-state index in [0.29, 0.717) is 16.5 Å². The molecule has 0 aliphatic carbocycles. The van der Waals surface area contributed by atoms with Gasteiger partial charge in [-0.15, -0.1) is 0 Å². The number of amides is 1. The van der Waals surface area contributed by atoms with E-state index in [4.69, 9.17) is 4.42 Å². The van der Waals surface area contributed by atoms with Gasteiger partial charge < -0.3 is 14.8 Å². The van der Waals surface area contributed by atoms with Gasteiger partial charge in [-0.05, 0) is 39.8 Å². The second-order valence-electron chi connectivity index (χ2n) is 3.66. The highest BCUT2D eigenvalue weighted by atomic mass is 79.9. The lowest BCUT2D eigenvalue weighted by molar-refractivity contribution is -0.123. The molecule has 0 radical (unpaired) electrons. The van der Waals surface area contributed by atoms with E-state index in [1.807, 2.05) is 0 Å². The number of oxazole rings is 1. The summed E-state index contributed by atoms with van der Waals surface area (Å²) < 4.78 is 5.93. The van der Waals surface area contributed by atoms with E-state index < -0.39 is 12.0 Å². The van der Waals surface area contributed by atoms with Crippen LogP contribution >= 0.6 is 27.7 Å². The fraction of sp³-hybridized carbons (Fsp3) is 0.0909. The molecule has 7 heteroatoms. The number of hydrogen-bond acceptors (Lipinski definition) is 5. The maximum absolute atomic E-state index is 11.4. The van der Waals surface area contributed by atoms with Gasteiger partial charge in [0.25, 0.3) is 11.1 Å². The Bertz CT molecular complexity index is 615. The number of aromatic nitrogens is 1. The minimum absolute atomic E-state index is 0.407. The van der Waals surface area contributed by atoms with Gasteiger partial charge in [0.2, 0.25) is 0 Å². The number of nitrogens with zero attached hydrogens (tertiary/aromatic N) is 1. The summed E-state index contributed by atoms with van der Waals surface area (Å²) in [6, 6.07) is 3.51. The SMILES string of the molecule is O=C1Nc2cc(Sc3ncco3)c(Br)cc2C1O. The molecule has 2 heterocycles. The average molecular weight is 327 g/mol. The number of aliphatic hydroxyl groups is 1. The molecule has 1 aromatic carbocycles. The lowest BCUT2D eigenvalue weighted by Gasteiger charge is -2.06. The van der Waals surface area contributed by atoms with Gasteiger partial charge in [-0.25, -0.2) is 4.98 Å². The molecule has 0 saturated heterocycles. The van der Waals surface area contributed by atoms with Crippen molar-refractivity contribution in [3.05, 3.63) is 34.6 Å². The van der Waals surface area contributed by atoms with E-state index in [-0.39, 0.29) is 0 Å². The zero-order valence-electron chi connectivity index (χ0n) is 8.88. The lowest BCUT2D eigenvalue weighted by atomic mass is 10.1. The van der Waals surface area contributed by atoms with Crippen LogP contribution in [0.1, 0.15) is 11.7 Å². The maximum atomic E-state index is 11.4. The molecule has 18 heavy (non-hydrogen) atoms. The van der Waals surface area contributed by atoms with Crippen LogP contribution in [0.5, 0.6) is 0 Å².